The Morgan fingerprint density at radius 2 is 2.06 bits per heavy atom. The third-order valence-electron chi connectivity index (χ3n) is 4.92. The quantitative estimate of drug-likeness (QED) is 0.619. The molecule has 168 valence electrons. The van der Waals surface area contributed by atoms with Gasteiger partial charge in [-0.1, -0.05) is 26.8 Å². The number of anilines is 3. The van der Waals surface area contributed by atoms with Crippen molar-refractivity contribution in [2.24, 2.45) is 5.41 Å². The first kappa shape index (κ1) is 22.7. The van der Waals surface area contributed by atoms with Gasteiger partial charge in [-0.05, 0) is 43.0 Å². The minimum absolute atomic E-state index is 0.0364. The normalized spacial score (nSPS) is 16.1. The number of ether oxygens (including phenoxy) is 1. The molecule has 3 rings (SSSR count). The van der Waals surface area contributed by atoms with E-state index in [1.165, 1.54) is 0 Å². The van der Waals surface area contributed by atoms with Crippen molar-refractivity contribution in [2.45, 2.75) is 40.2 Å². The Balaban J connectivity index is 1.92. The summed E-state index contributed by atoms with van der Waals surface area (Å²) >= 11 is 0. The molecule has 1 saturated heterocycles. The van der Waals surface area contributed by atoms with Crippen molar-refractivity contribution < 1.29 is 9.53 Å². The van der Waals surface area contributed by atoms with E-state index in [0.717, 1.165) is 37.3 Å². The number of hydrogen-bond donors (Lipinski definition) is 3. The lowest BCUT2D eigenvalue weighted by Gasteiger charge is -2.27. The summed E-state index contributed by atoms with van der Waals surface area (Å²) in [4.78, 5) is 27.7. The zero-order valence-corrected chi connectivity index (χ0v) is 19.2. The maximum atomic E-state index is 12.0. The second-order valence-corrected chi connectivity index (χ2v) is 9.12. The van der Waals surface area contributed by atoms with E-state index in [1.807, 2.05) is 24.9 Å². The number of benzene rings is 1. The molecule has 1 aromatic heterocycles. The first-order valence-electron chi connectivity index (χ1n) is 10.6. The van der Waals surface area contributed by atoms with Crippen LogP contribution in [0.3, 0.4) is 0 Å². The molecule has 1 aliphatic heterocycles. The topological polar surface area (TPSA) is 104 Å². The summed E-state index contributed by atoms with van der Waals surface area (Å²) in [7, 11) is 3.57. The minimum Gasteiger partial charge on any atom is -0.459 e. The van der Waals surface area contributed by atoms with Gasteiger partial charge in [0.05, 0.1) is 0 Å². The van der Waals surface area contributed by atoms with Crippen LogP contribution >= 0.6 is 0 Å². The maximum Gasteiger partial charge on any atom is 0.323 e. The van der Waals surface area contributed by atoms with Crippen molar-refractivity contribution in [3.05, 3.63) is 29.3 Å². The van der Waals surface area contributed by atoms with Crippen LogP contribution in [0.5, 0.6) is 6.01 Å². The standard InChI is InChI=1S/C22H33N7O2/c1-14-7-8-15(18(30)23-5)11-17(14)25-19-26-20(29(6)13-22(2,3)4)28-21(27-19)31-16-9-10-24-12-16/h7-8,11,16,24H,9-10,12-13H2,1-6H3,(H,23,30)(H,25,26,27,28)/t16-/m0/s1. The monoisotopic (exact) mass is 427 g/mol. The average Bonchev–Trinajstić information content (AvgIpc) is 3.20. The van der Waals surface area contributed by atoms with Gasteiger partial charge in [0.1, 0.15) is 6.10 Å². The van der Waals surface area contributed by atoms with Gasteiger partial charge in [-0.2, -0.15) is 15.0 Å². The Morgan fingerprint density at radius 1 is 1.29 bits per heavy atom. The number of aromatic nitrogens is 3. The van der Waals surface area contributed by atoms with Crippen molar-refractivity contribution in [1.82, 2.24) is 25.6 Å². The second kappa shape index (κ2) is 9.47. The van der Waals surface area contributed by atoms with E-state index in [-0.39, 0.29) is 17.4 Å². The van der Waals surface area contributed by atoms with Crippen molar-refractivity contribution in [2.75, 3.05) is 43.9 Å². The zero-order valence-electron chi connectivity index (χ0n) is 19.2. The van der Waals surface area contributed by atoms with Gasteiger partial charge in [-0.15, -0.1) is 0 Å². The van der Waals surface area contributed by atoms with Gasteiger partial charge in [-0.3, -0.25) is 4.79 Å². The molecule has 0 aliphatic carbocycles. The molecule has 1 aromatic carbocycles. The highest BCUT2D eigenvalue weighted by atomic mass is 16.5. The van der Waals surface area contributed by atoms with Crippen LogP contribution in [0.2, 0.25) is 0 Å². The molecule has 1 aliphatic rings. The Bertz CT molecular complexity index is 921. The lowest BCUT2D eigenvalue weighted by Crippen LogP contribution is -2.31. The number of amides is 1. The highest BCUT2D eigenvalue weighted by Crippen LogP contribution is 2.24. The van der Waals surface area contributed by atoms with E-state index in [2.05, 4.69) is 51.7 Å². The SMILES string of the molecule is CNC(=O)c1ccc(C)c(Nc2nc(O[C@H]3CCNC3)nc(N(C)CC(C)(C)C)n2)c1. The van der Waals surface area contributed by atoms with E-state index < -0.39 is 0 Å². The lowest BCUT2D eigenvalue weighted by molar-refractivity contribution is 0.0963. The van der Waals surface area contributed by atoms with Crippen LogP contribution in [0.15, 0.2) is 18.2 Å². The van der Waals surface area contributed by atoms with Crippen LogP contribution in [0, 0.1) is 12.3 Å². The molecule has 31 heavy (non-hydrogen) atoms. The Kier molecular flexibility index (Phi) is 6.94. The Labute approximate surface area is 184 Å². The number of nitrogens with zero attached hydrogens (tertiary/aromatic N) is 4. The molecule has 0 radical (unpaired) electrons. The Hall–Kier alpha value is -2.94. The molecule has 0 saturated carbocycles. The molecule has 0 bridgehead atoms. The molecule has 1 fully saturated rings. The lowest BCUT2D eigenvalue weighted by atomic mass is 9.96. The smallest absolute Gasteiger partial charge is 0.323 e. The summed E-state index contributed by atoms with van der Waals surface area (Å²) in [5.41, 5.74) is 2.36. The van der Waals surface area contributed by atoms with E-state index in [0.29, 0.717) is 23.5 Å². The summed E-state index contributed by atoms with van der Waals surface area (Å²) in [5.74, 6) is 0.763. The predicted molar refractivity (Wildman–Crippen MR) is 122 cm³/mol. The average molecular weight is 428 g/mol. The molecule has 0 spiro atoms. The van der Waals surface area contributed by atoms with Crippen LogP contribution in [0.1, 0.15) is 43.1 Å². The number of nitrogens with one attached hydrogen (secondary N) is 3. The molecule has 9 heteroatoms. The minimum atomic E-state index is -0.151. The fourth-order valence-electron chi connectivity index (χ4n) is 3.45. The first-order valence-corrected chi connectivity index (χ1v) is 10.6. The highest BCUT2D eigenvalue weighted by Gasteiger charge is 2.21. The van der Waals surface area contributed by atoms with Crippen molar-refractivity contribution in [3.8, 4) is 6.01 Å². The fraction of sp³-hybridized carbons (Fsp3) is 0.545. The third kappa shape index (κ3) is 6.27. The Morgan fingerprint density at radius 3 is 2.71 bits per heavy atom. The van der Waals surface area contributed by atoms with Crippen molar-refractivity contribution >= 4 is 23.5 Å². The van der Waals surface area contributed by atoms with Crippen LogP contribution in [-0.2, 0) is 0 Å². The van der Waals surface area contributed by atoms with Gasteiger partial charge in [0, 0.05) is 38.4 Å². The van der Waals surface area contributed by atoms with E-state index >= 15 is 0 Å². The zero-order chi connectivity index (χ0) is 22.6. The number of rotatable bonds is 7. The van der Waals surface area contributed by atoms with Gasteiger partial charge < -0.3 is 25.6 Å². The van der Waals surface area contributed by atoms with Crippen molar-refractivity contribution in [1.29, 1.82) is 0 Å². The summed E-state index contributed by atoms with van der Waals surface area (Å²) in [5, 5.41) is 9.18. The van der Waals surface area contributed by atoms with Crippen LogP contribution < -0.4 is 25.6 Å². The maximum absolute atomic E-state index is 12.0. The summed E-state index contributed by atoms with van der Waals surface area (Å²) in [6.07, 6.45) is 0.948. The molecular formula is C22H33N7O2. The van der Waals surface area contributed by atoms with Crippen LogP contribution in [0.4, 0.5) is 17.6 Å². The van der Waals surface area contributed by atoms with Gasteiger partial charge in [0.25, 0.3) is 5.91 Å². The largest absolute Gasteiger partial charge is 0.459 e. The molecule has 2 aromatic rings. The molecule has 1 atom stereocenters. The predicted octanol–water partition coefficient (Wildman–Crippen LogP) is 2.51. The number of carbonyl (C=O) groups excluding carboxylic acids is 1. The summed E-state index contributed by atoms with van der Waals surface area (Å²) in [6.45, 7) is 10.9. The molecule has 9 nitrogen and oxygen atoms in total. The molecule has 0 unspecified atom stereocenters. The molecular weight excluding hydrogens is 394 g/mol. The molecule has 3 N–H and O–H groups in total. The fourth-order valence-corrected chi connectivity index (χ4v) is 3.45. The number of hydrogen-bond acceptors (Lipinski definition) is 8. The van der Waals surface area contributed by atoms with E-state index in [9.17, 15) is 4.79 Å². The van der Waals surface area contributed by atoms with Crippen LogP contribution in [-0.4, -0.2) is 60.7 Å². The van der Waals surface area contributed by atoms with Gasteiger partial charge in [0.2, 0.25) is 11.9 Å². The second-order valence-electron chi connectivity index (χ2n) is 9.12. The molecule has 1 amide bonds. The first-order chi connectivity index (χ1) is 14.6. The van der Waals surface area contributed by atoms with Gasteiger partial charge in [0.15, 0.2) is 0 Å². The van der Waals surface area contributed by atoms with Crippen molar-refractivity contribution in [3.63, 3.8) is 0 Å². The molecule has 2 heterocycles. The van der Waals surface area contributed by atoms with Crippen LogP contribution in [0.25, 0.3) is 0 Å². The number of carbonyl (C=O) groups is 1. The number of aryl methyl sites for hydroxylation is 1. The van der Waals surface area contributed by atoms with E-state index in [4.69, 9.17) is 4.74 Å². The third-order valence-corrected chi connectivity index (χ3v) is 4.92. The summed E-state index contributed by atoms with van der Waals surface area (Å²) in [6, 6.07) is 5.76. The van der Waals surface area contributed by atoms with E-state index in [1.54, 1.807) is 19.2 Å². The van der Waals surface area contributed by atoms with Gasteiger partial charge in [-0.25, -0.2) is 0 Å². The summed E-state index contributed by atoms with van der Waals surface area (Å²) < 4.78 is 6.03. The van der Waals surface area contributed by atoms with Gasteiger partial charge >= 0.3 is 6.01 Å². The highest BCUT2D eigenvalue weighted by molar-refractivity contribution is 5.95.